The maximum Gasteiger partial charge on any atom is 0.242 e. The van der Waals surface area contributed by atoms with Crippen molar-refractivity contribution in [1.82, 2.24) is 25.8 Å². The molecule has 2 amide bonds. The van der Waals surface area contributed by atoms with Gasteiger partial charge in [-0.2, -0.15) is 10.2 Å². The third kappa shape index (κ3) is 5.38. The summed E-state index contributed by atoms with van der Waals surface area (Å²) in [7, 11) is 0. The van der Waals surface area contributed by atoms with Crippen LogP contribution in [-0.4, -0.2) is 46.9 Å². The first-order valence-electron chi connectivity index (χ1n) is 8.90. The van der Waals surface area contributed by atoms with E-state index in [1.54, 1.807) is 6.21 Å². The van der Waals surface area contributed by atoms with E-state index in [1.165, 1.54) is 12.8 Å². The third-order valence-corrected chi connectivity index (χ3v) is 4.31. The zero-order valence-corrected chi connectivity index (χ0v) is 15.3. The predicted molar refractivity (Wildman–Crippen MR) is 96.4 cm³/mol. The van der Waals surface area contributed by atoms with Crippen molar-refractivity contribution >= 4 is 18.0 Å². The minimum absolute atomic E-state index is 0.0669. The van der Waals surface area contributed by atoms with E-state index in [2.05, 4.69) is 33.2 Å². The number of hydrazone groups is 1. The predicted octanol–water partition coefficient (Wildman–Crippen LogP) is 0.618. The van der Waals surface area contributed by atoms with Gasteiger partial charge in [-0.1, -0.05) is 19.8 Å². The molecular formula is C17H28N6O2. The van der Waals surface area contributed by atoms with Crippen molar-refractivity contribution in [2.75, 3.05) is 13.1 Å². The van der Waals surface area contributed by atoms with Crippen LogP contribution >= 0.6 is 0 Å². The Balaban J connectivity index is 1.88. The molecule has 0 unspecified atom stereocenters. The number of hydrogen-bond donors (Lipinski definition) is 3. The van der Waals surface area contributed by atoms with E-state index in [1.807, 2.05) is 18.5 Å². The Labute approximate surface area is 148 Å². The summed E-state index contributed by atoms with van der Waals surface area (Å²) in [6.07, 6.45) is 5.15. The Morgan fingerprint density at radius 1 is 1.40 bits per heavy atom. The molecule has 1 atom stereocenters. The molecule has 1 aromatic heterocycles. The number of unbranched alkanes of at least 4 members (excludes halogenated alkanes) is 2. The van der Waals surface area contributed by atoms with Crippen molar-refractivity contribution in [3.05, 3.63) is 17.0 Å². The number of nitrogens with one attached hydrogen (secondary N) is 3. The van der Waals surface area contributed by atoms with Crippen LogP contribution in [0.5, 0.6) is 0 Å². The molecule has 25 heavy (non-hydrogen) atoms. The summed E-state index contributed by atoms with van der Waals surface area (Å²) in [5, 5.41) is 14.3. The van der Waals surface area contributed by atoms with E-state index >= 15 is 0 Å². The number of rotatable bonds is 8. The maximum absolute atomic E-state index is 11.9. The van der Waals surface area contributed by atoms with Gasteiger partial charge in [0.2, 0.25) is 11.8 Å². The summed E-state index contributed by atoms with van der Waals surface area (Å²) in [6, 6.07) is -0.492. The molecule has 0 spiro atoms. The molecule has 2 rings (SSSR count). The zero-order chi connectivity index (χ0) is 18.2. The minimum atomic E-state index is -0.492. The third-order valence-electron chi connectivity index (χ3n) is 4.31. The smallest absolute Gasteiger partial charge is 0.242 e. The van der Waals surface area contributed by atoms with Crippen LogP contribution < -0.4 is 16.1 Å². The van der Waals surface area contributed by atoms with Crippen LogP contribution in [0.1, 0.15) is 49.6 Å². The molecule has 0 aliphatic carbocycles. The van der Waals surface area contributed by atoms with E-state index < -0.39 is 6.04 Å². The molecule has 0 bridgehead atoms. The zero-order valence-electron chi connectivity index (χ0n) is 15.3. The van der Waals surface area contributed by atoms with Crippen molar-refractivity contribution in [2.24, 2.45) is 5.10 Å². The summed E-state index contributed by atoms with van der Waals surface area (Å²) in [6.45, 7) is 8.27. The molecular weight excluding hydrogens is 320 g/mol. The number of piperazine rings is 1. The van der Waals surface area contributed by atoms with Crippen molar-refractivity contribution < 1.29 is 9.59 Å². The minimum Gasteiger partial charge on any atom is -0.353 e. The van der Waals surface area contributed by atoms with Crippen LogP contribution in [0.2, 0.25) is 0 Å². The fraction of sp³-hybridized carbons (Fsp3) is 0.647. The van der Waals surface area contributed by atoms with Gasteiger partial charge >= 0.3 is 0 Å². The highest BCUT2D eigenvalue weighted by molar-refractivity contribution is 5.89. The number of aryl methyl sites for hydroxylation is 2. The number of hydrogen-bond acceptors (Lipinski definition) is 5. The van der Waals surface area contributed by atoms with Gasteiger partial charge in [0.25, 0.3) is 0 Å². The molecule has 2 heterocycles. The summed E-state index contributed by atoms with van der Waals surface area (Å²) >= 11 is 0. The van der Waals surface area contributed by atoms with Gasteiger partial charge < -0.3 is 10.6 Å². The fourth-order valence-electron chi connectivity index (χ4n) is 2.84. The lowest BCUT2D eigenvalue weighted by atomic mass is 10.1. The van der Waals surface area contributed by atoms with Crippen molar-refractivity contribution in [3.63, 3.8) is 0 Å². The van der Waals surface area contributed by atoms with E-state index in [0.717, 1.165) is 29.9 Å². The van der Waals surface area contributed by atoms with Gasteiger partial charge in [-0.3, -0.25) is 14.3 Å². The second kappa shape index (κ2) is 9.31. The number of amides is 2. The van der Waals surface area contributed by atoms with Gasteiger partial charge in [0.15, 0.2) is 0 Å². The van der Waals surface area contributed by atoms with Gasteiger partial charge in [-0.05, 0) is 20.3 Å². The van der Waals surface area contributed by atoms with Gasteiger partial charge in [0.05, 0.1) is 24.4 Å². The van der Waals surface area contributed by atoms with Crippen LogP contribution in [-0.2, 0) is 16.1 Å². The number of carbonyl (C=O) groups excluding carboxylic acids is 2. The number of carbonyl (C=O) groups is 2. The lowest BCUT2D eigenvalue weighted by Gasteiger charge is -2.22. The van der Waals surface area contributed by atoms with Crippen LogP contribution in [0.3, 0.4) is 0 Å². The molecule has 1 aliphatic rings. The van der Waals surface area contributed by atoms with Crippen molar-refractivity contribution in [2.45, 2.75) is 59.0 Å². The highest BCUT2D eigenvalue weighted by Crippen LogP contribution is 2.12. The molecule has 138 valence electrons. The average molecular weight is 348 g/mol. The Kier molecular flexibility index (Phi) is 7.12. The quantitative estimate of drug-likeness (QED) is 0.364. The van der Waals surface area contributed by atoms with Gasteiger partial charge in [-0.15, -0.1) is 0 Å². The molecule has 1 saturated heterocycles. The summed E-state index contributed by atoms with van der Waals surface area (Å²) in [4.78, 5) is 23.6. The summed E-state index contributed by atoms with van der Waals surface area (Å²) < 4.78 is 1.99. The van der Waals surface area contributed by atoms with Crippen LogP contribution in [0, 0.1) is 13.8 Å². The first kappa shape index (κ1) is 19.1. The Hall–Kier alpha value is -2.22. The average Bonchev–Trinajstić information content (AvgIpc) is 2.85. The van der Waals surface area contributed by atoms with Gasteiger partial charge in [-0.25, -0.2) is 5.43 Å². The Bertz CT molecular complexity index is 637. The standard InChI is InChI=1S/C17H28N6O2/c1-4-5-6-9-23-13(3)14(12(2)22-23)11-20-21-16(24)10-15-17(25)19-8-7-18-15/h11,15,18H,4-10H2,1-3H3,(H,19,25)(H,21,24)/t15-/m1/s1. The van der Waals surface area contributed by atoms with E-state index in [0.29, 0.717) is 13.1 Å². The molecule has 0 aromatic carbocycles. The largest absolute Gasteiger partial charge is 0.353 e. The monoisotopic (exact) mass is 348 g/mol. The van der Waals surface area contributed by atoms with Crippen molar-refractivity contribution in [3.8, 4) is 0 Å². The number of aromatic nitrogens is 2. The molecule has 0 saturated carbocycles. The summed E-state index contributed by atoms with van der Waals surface area (Å²) in [5.41, 5.74) is 5.34. The van der Waals surface area contributed by atoms with Gasteiger partial charge in [0, 0.05) is 30.9 Å². The molecule has 1 aliphatic heterocycles. The first-order valence-corrected chi connectivity index (χ1v) is 8.90. The highest BCUT2D eigenvalue weighted by atomic mass is 16.2. The Morgan fingerprint density at radius 3 is 2.92 bits per heavy atom. The SMILES string of the molecule is CCCCCn1nc(C)c(C=NNC(=O)C[C@H]2NCCNC2=O)c1C. The van der Waals surface area contributed by atoms with Gasteiger partial charge in [0.1, 0.15) is 0 Å². The van der Waals surface area contributed by atoms with E-state index in [9.17, 15) is 9.59 Å². The first-order chi connectivity index (χ1) is 12.0. The van der Waals surface area contributed by atoms with Crippen LogP contribution in [0.25, 0.3) is 0 Å². The fourth-order valence-corrected chi connectivity index (χ4v) is 2.84. The van der Waals surface area contributed by atoms with E-state index in [-0.39, 0.29) is 18.2 Å². The molecule has 1 fully saturated rings. The normalized spacial score (nSPS) is 17.7. The second-order valence-corrected chi connectivity index (χ2v) is 6.31. The highest BCUT2D eigenvalue weighted by Gasteiger charge is 2.23. The maximum atomic E-state index is 11.9. The second-order valence-electron chi connectivity index (χ2n) is 6.31. The number of nitrogens with zero attached hydrogens (tertiary/aromatic N) is 3. The topological polar surface area (TPSA) is 100 Å². The molecule has 8 heteroatoms. The lowest BCUT2D eigenvalue weighted by Crippen LogP contribution is -2.54. The Morgan fingerprint density at radius 2 is 2.20 bits per heavy atom. The molecule has 1 aromatic rings. The van der Waals surface area contributed by atoms with Crippen LogP contribution in [0.15, 0.2) is 5.10 Å². The molecule has 8 nitrogen and oxygen atoms in total. The van der Waals surface area contributed by atoms with Crippen LogP contribution in [0.4, 0.5) is 0 Å². The summed E-state index contributed by atoms with van der Waals surface area (Å²) in [5.74, 6) is -0.443. The van der Waals surface area contributed by atoms with E-state index in [4.69, 9.17) is 0 Å². The molecule has 0 radical (unpaired) electrons. The lowest BCUT2D eigenvalue weighted by molar-refractivity contribution is -0.129. The van der Waals surface area contributed by atoms with Crippen molar-refractivity contribution in [1.29, 1.82) is 0 Å². The molecule has 3 N–H and O–H groups in total.